The van der Waals surface area contributed by atoms with Crippen molar-refractivity contribution in [3.63, 3.8) is 0 Å². The van der Waals surface area contributed by atoms with Crippen LogP contribution in [0.2, 0.25) is 0 Å². The maximum absolute atomic E-state index is 13.3. The molecule has 0 bridgehead atoms. The van der Waals surface area contributed by atoms with E-state index in [2.05, 4.69) is 41.0 Å². The van der Waals surface area contributed by atoms with Crippen LogP contribution in [0.3, 0.4) is 0 Å². The summed E-state index contributed by atoms with van der Waals surface area (Å²) in [5.41, 5.74) is 6.21. The van der Waals surface area contributed by atoms with Crippen LogP contribution in [0, 0.1) is 5.82 Å². The number of H-pyrrole nitrogens is 1. The van der Waals surface area contributed by atoms with Gasteiger partial charge in [-0.15, -0.1) is 0 Å². The molecule has 34 heavy (non-hydrogen) atoms. The summed E-state index contributed by atoms with van der Waals surface area (Å²) in [6.07, 6.45) is 3.35. The number of ether oxygens (including phenoxy) is 1. The van der Waals surface area contributed by atoms with Crippen molar-refractivity contribution in [1.82, 2.24) is 25.1 Å². The largest absolute Gasteiger partial charge is 0.378 e. The molecule has 2 aromatic heterocycles. The van der Waals surface area contributed by atoms with Crippen molar-refractivity contribution in [2.45, 2.75) is 0 Å². The molecule has 1 aliphatic rings. The Hall–Kier alpha value is -4.38. The molecule has 11 heteroatoms. The van der Waals surface area contributed by atoms with Gasteiger partial charge in [0.1, 0.15) is 5.82 Å². The molecule has 0 radical (unpaired) electrons. The van der Waals surface area contributed by atoms with Gasteiger partial charge in [-0.25, -0.2) is 9.82 Å². The predicted octanol–water partition coefficient (Wildman–Crippen LogP) is 3.43. The molecule has 0 saturated carbocycles. The van der Waals surface area contributed by atoms with E-state index in [1.165, 1.54) is 12.1 Å². The van der Waals surface area contributed by atoms with Crippen LogP contribution in [0.1, 0.15) is 5.56 Å². The lowest BCUT2D eigenvalue weighted by atomic mass is 10.1. The minimum absolute atomic E-state index is 0.266. The number of halogens is 1. The number of benzene rings is 2. The Morgan fingerprint density at radius 1 is 0.971 bits per heavy atom. The van der Waals surface area contributed by atoms with Crippen LogP contribution in [0.5, 0.6) is 0 Å². The van der Waals surface area contributed by atoms with Crippen molar-refractivity contribution in [3.8, 4) is 11.3 Å². The number of anilines is 4. The highest BCUT2D eigenvalue weighted by molar-refractivity contribution is 5.88. The van der Waals surface area contributed by atoms with Crippen LogP contribution < -0.4 is 15.6 Å². The Morgan fingerprint density at radius 2 is 1.74 bits per heavy atom. The second-order valence-electron chi connectivity index (χ2n) is 7.45. The van der Waals surface area contributed by atoms with E-state index in [0.29, 0.717) is 43.9 Å². The van der Waals surface area contributed by atoms with Gasteiger partial charge in [-0.1, -0.05) is 30.3 Å². The van der Waals surface area contributed by atoms with Crippen molar-refractivity contribution in [1.29, 1.82) is 0 Å². The van der Waals surface area contributed by atoms with E-state index in [4.69, 9.17) is 4.74 Å². The summed E-state index contributed by atoms with van der Waals surface area (Å²) in [7, 11) is 0. The highest BCUT2D eigenvalue weighted by atomic mass is 19.1. The third kappa shape index (κ3) is 5.15. The summed E-state index contributed by atoms with van der Waals surface area (Å²) in [5.74, 6) is 0.756. The fourth-order valence-electron chi connectivity index (χ4n) is 3.43. The maximum Gasteiger partial charge on any atom is 0.250 e. The molecule has 0 unspecified atom stereocenters. The lowest BCUT2D eigenvalue weighted by molar-refractivity contribution is 0.122. The number of hydrazone groups is 1. The van der Waals surface area contributed by atoms with E-state index in [-0.39, 0.29) is 11.8 Å². The molecule has 0 amide bonds. The van der Waals surface area contributed by atoms with E-state index in [1.807, 2.05) is 35.2 Å². The van der Waals surface area contributed by atoms with E-state index in [0.717, 1.165) is 16.8 Å². The smallest absolute Gasteiger partial charge is 0.250 e. The lowest BCUT2D eigenvalue weighted by Gasteiger charge is -2.27. The Balaban J connectivity index is 1.38. The van der Waals surface area contributed by atoms with Gasteiger partial charge in [-0.2, -0.15) is 25.2 Å². The number of aromatic nitrogens is 5. The Bertz CT molecular complexity index is 1260. The Morgan fingerprint density at radius 3 is 2.53 bits per heavy atom. The first-order valence-corrected chi connectivity index (χ1v) is 10.7. The van der Waals surface area contributed by atoms with Gasteiger partial charge in [-0.3, -0.25) is 5.10 Å². The number of nitrogens with zero attached hydrogens (tertiary/aromatic N) is 6. The zero-order valence-corrected chi connectivity index (χ0v) is 18.1. The second kappa shape index (κ2) is 10.0. The van der Waals surface area contributed by atoms with Crippen molar-refractivity contribution in [2.75, 3.05) is 41.9 Å². The van der Waals surface area contributed by atoms with Crippen LogP contribution in [0.4, 0.5) is 27.9 Å². The molecule has 3 heterocycles. The highest BCUT2D eigenvalue weighted by Crippen LogP contribution is 2.21. The Kier molecular flexibility index (Phi) is 6.34. The van der Waals surface area contributed by atoms with Gasteiger partial charge >= 0.3 is 0 Å². The van der Waals surface area contributed by atoms with Crippen LogP contribution in [0.25, 0.3) is 11.3 Å². The first-order valence-electron chi connectivity index (χ1n) is 10.7. The fourth-order valence-corrected chi connectivity index (χ4v) is 3.43. The average molecular weight is 459 g/mol. The standard InChI is InChI=1S/C23H22FN9O/c24-18-6-8-19(9-7-18)27-21-28-22(30-23(29-21)33-10-12-34-13-11-33)32-26-15-17-14-25-31-20(17)16-4-2-1-3-5-16/h1-9,14-15H,10-13H2,(H,25,31)(H2,27,28,29,30,32). The summed E-state index contributed by atoms with van der Waals surface area (Å²) in [5, 5.41) is 14.5. The minimum atomic E-state index is -0.319. The van der Waals surface area contributed by atoms with Crippen molar-refractivity contribution in [3.05, 3.63) is 72.2 Å². The normalized spacial score (nSPS) is 13.9. The first kappa shape index (κ1) is 21.5. The minimum Gasteiger partial charge on any atom is -0.378 e. The van der Waals surface area contributed by atoms with Gasteiger partial charge in [-0.05, 0) is 24.3 Å². The van der Waals surface area contributed by atoms with E-state index >= 15 is 0 Å². The summed E-state index contributed by atoms with van der Waals surface area (Å²) >= 11 is 0. The molecule has 1 saturated heterocycles. The van der Waals surface area contributed by atoms with Gasteiger partial charge in [0, 0.05) is 29.9 Å². The number of aromatic amines is 1. The third-order valence-corrected chi connectivity index (χ3v) is 5.12. The number of rotatable bonds is 7. The molecule has 3 N–H and O–H groups in total. The summed E-state index contributed by atoms with van der Waals surface area (Å²) < 4.78 is 18.7. The SMILES string of the molecule is Fc1ccc(Nc2nc(NN=Cc3cn[nH]c3-c3ccccc3)nc(N3CCOCC3)n2)cc1. The van der Waals surface area contributed by atoms with E-state index in [1.54, 1.807) is 24.5 Å². The molecule has 0 atom stereocenters. The fraction of sp³-hybridized carbons (Fsp3) is 0.174. The molecule has 172 valence electrons. The molecule has 1 fully saturated rings. The van der Waals surface area contributed by atoms with Crippen LogP contribution in [-0.2, 0) is 4.74 Å². The van der Waals surface area contributed by atoms with E-state index < -0.39 is 0 Å². The maximum atomic E-state index is 13.3. The Labute approximate surface area is 194 Å². The summed E-state index contributed by atoms with van der Waals surface area (Å²) in [6, 6.07) is 15.8. The summed E-state index contributed by atoms with van der Waals surface area (Å²) in [6.45, 7) is 2.52. The van der Waals surface area contributed by atoms with Gasteiger partial charge in [0.25, 0.3) is 0 Å². The van der Waals surface area contributed by atoms with Crippen molar-refractivity contribution >= 4 is 29.7 Å². The molecular formula is C23H22FN9O. The molecule has 2 aromatic carbocycles. The van der Waals surface area contributed by atoms with Gasteiger partial charge in [0.05, 0.1) is 31.3 Å². The van der Waals surface area contributed by atoms with Crippen LogP contribution in [0.15, 0.2) is 65.9 Å². The van der Waals surface area contributed by atoms with Gasteiger partial charge in [0.15, 0.2) is 0 Å². The zero-order chi connectivity index (χ0) is 23.2. The number of hydrogen-bond donors (Lipinski definition) is 3. The van der Waals surface area contributed by atoms with Crippen LogP contribution in [-0.4, -0.2) is 57.7 Å². The molecule has 0 aliphatic carbocycles. The van der Waals surface area contributed by atoms with Gasteiger partial charge < -0.3 is 15.0 Å². The van der Waals surface area contributed by atoms with Crippen LogP contribution >= 0.6 is 0 Å². The van der Waals surface area contributed by atoms with E-state index in [9.17, 15) is 4.39 Å². The molecule has 10 nitrogen and oxygen atoms in total. The number of hydrogen-bond acceptors (Lipinski definition) is 9. The number of nitrogens with one attached hydrogen (secondary N) is 3. The quantitative estimate of drug-likeness (QED) is 0.284. The molecular weight excluding hydrogens is 437 g/mol. The molecule has 5 rings (SSSR count). The third-order valence-electron chi connectivity index (χ3n) is 5.12. The lowest BCUT2D eigenvalue weighted by Crippen LogP contribution is -2.37. The molecule has 0 spiro atoms. The first-order chi connectivity index (χ1) is 16.7. The van der Waals surface area contributed by atoms with Gasteiger partial charge in [0.2, 0.25) is 17.8 Å². The second-order valence-corrected chi connectivity index (χ2v) is 7.45. The highest BCUT2D eigenvalue weighted by Gasteiger charge is 2.17. The summed E-state index contributed by atoms with van der Waals surface area (Å²) in [4.78, 5) is 15.5. The topological polar surface area (TPSA) is 116 Å². The zero-order valence-electron chi connectivity index (χ0n) is 18.1. The average Bonchev–Trinajstić information content (AvgIpc) is 3.35. The van der Waals surface area contributed by atoms with Crippen molar-refractivity contribution < 1.29 is 9.13 Å². The van der Waals surface area contributed by atoms with Crippen molar-refractivity contribution in [2.24, 2.45) is 5.10 Å². The predicted molar refractivity (Wildman–Crippen MR) is 128 cm³/mol. The molecule has 1 aliphatic heterocycles. The number of morpholine rings is 1. The monoisotopic (exact) mass is 459 g/mol. The molecule has 4 aromatic rings.